The Balaban J connectivity index is 3.30. The van der Waals surface area contributed by atoms with Gasteiger partial charge in [-0.05, 0) is 22.6 Å². The molecule has 0 aromatic rings. The summed E-state index contributed by atoms with van der Waals surface area (Å²) in [6.07, 6.45) is 9.73. The lowest BCUT2D eigenvalue weighted by Crippen LogP contribution is -2.31. The Bertz CT molecular complexity index is 287. The summed E-state index contributed by atoms with van der Waals surface area (Å²) in [7, 11) is -0.0262. The molecule has 1 aliphatic rings. The molecule has 0 atom stereocenters. The summed E-state index contributed by atoms with van der Waals surface area (Å²) in [5, 5.41) is 0. The van der Waals surface area contributed by atoms with Crippen molar-refractivity contribution in [3.63, 3.8) is 0 Å². The fraction of sp³-hybridized carbons (Fsp3) is 0.765. The highest BCUT2D eigenvalue weighted by atomic mass is 31.2. The summed E-state index contributed by atoms with van der Waals surface area (Å²) in [5.41, 5.74) is 3.18. The van der Waals surface area contributed by atoms with Crippen molar-refractivity contribution in [1.82, 2.24) is 0 Å². The average molecular weight is 298 g/mol. The van der Waals surface area contributed by atoms with Gasteiger partial charge in [-0.25, -0.2) is 0 Å². The van der Waals surface area contributed by atoms with Crippen molar-refractivity contribution in [3.05, 3.63) is 24.3 Å². The van der Waals surface area contributed by atoms with Crippen molar-refractivity contribution in [2.45, 2.75) is 82.9 Å². The molecule has 0 spiro atoms. The van der Waals surface area contributed by atoms with E-state index in [1.165, 1.54) is 0 Å². The molecule has 0 N–H and O–H groups in total. The molecular formula is C17H32P2. The molecule has 0 unspecified atom stereocenters. The number of allylic oxidation sites excluding steroid dienone is 4. The zero-order valence-electron chi connectivity index (χ0n) is 14.0. The predicted molar refractivity (Wildman–Crippen MR) is 95.4 cm³/mol. The maximum Gasteiger partial charge on any atom is 0.0473 e. The van der Waals surface area contributed by atoms with Crippen LogP contribution in [-0.4, -0.2) is 27.5 Å². The van der Waals surface area contributed by atoms with Crippen molar-refractivity contribution in [2.24, 2.45) is 0 Å². The third-order valence-corrected chi connectivity index (χ3v) is 11.9. The standard InChI is InChI=1S/C17H32P2/c1-13(2)18(14(3)4)17(11-9-10-12-17)19(15(5)6)16(7)8/h9-16H,1-8H3. The average Bonchev–Trinajstić information content (AvgIpc) is 2.64. The van der Waals surface area contributed by atoms with E-state index in [4.69, 9.17) is 0 Å². The molecule has 0 saturated carbocycles. The van der Waals surface area contributed by atoms with Gasteiger partial charge in [0.05, 0.1) is 0 Å². The lowest BCUT2D eigenvalue weighted by molar-refractivity contribution is 0.942. The highest BCUT2D eigenvalue weighted by Crippen LogP contribution is 2.75. The van der Waals surface area contributed by atoms with Crippen molar-refractivity contribution >= 4 is 15.8 Å². The normalized spacial score (nSPS) is 18.2. The van der Waals surface area contributed by atoms with Gasteiger partial charge >= 0.3 is 0 Å². The van der Waals surface area contributed by atoms with Gasteiger partial charge in [-0.1, -0.05) is 95.5 Å². The Kier molecular flexibility index (Phi) is 6.28. The third kappa shape index (κ3) is 3.51. The van der Waals surface area contributed by atoms with Crippen LogP contribution in [0.25, 0.3) is 0 Å². The molecule has 0 aliphatic heterocycles. The number of hydrogen-bond donors (Lipinski definition) is 0. The second-order valence-corrected chi connectivity index (χ2v) is 14.3. The van der Waals surface area contributed by atoms with E-state index in [9.17, 15) is 0 Å². The zero-order valence-corrected chi connectivity index (χ0v) is 15.8. The fourth-order valence-corrected chi connectivity index (χ4v) is 14.3. The van der Waals surface area contributed by atoms with Crippen LogP contribution in [0.2, 0.25) is 0 Å². The summed E-state index contributed by atoms with van der Waals surface area (Å²) in [4.78, 5) is 0.384. The molecule has 0 saturated heterocycles. The van der Waals surface area contributed by atoms with Crippen LogP contribution in [0, 0.1) is 0 Å². The Morgan fingerprint density at radius 1 is 0.579 bits per heavy atom. The van der Waals surface area contributed by atoms with E-state index in [1.54, 1.807) is 0 Å². The Morgan fingerprint density at radius 2 is 0.842 bits per heavy atom. The lowest BCUT2D eigenvalue weighted by atomic mass is 10.4. The SMILES string of the molecule is CC(C)P(C(C)C)C1(P(C(C)C)C(C)C)C=CC=C1. The molecule has 0 fully saturated rings. The first-order valence-corrected chi connectivity index (χ1v) is 10.6. The van der Waals surface area contributed by atoms with Crippen molar-refractivity contribution < 1.29 is 0 Å². The molecule has 0 aromatic heterocycles. The van der Waals surface area contributed by atoms with Gasteiger partial charge in [0.25, 0.3) is 0 Å². The Morgan fingerprint density at radius 3 is 1.05 bits per heavy atom. The molecule has 0 amide bonds. The van der Waals surface area contributed by atoms with Gasteiger partial charge < -0.3 is 0 Å². The molecule has 110 valence electrons. The van der Waals surface area contributed by atoms with E-state index >= 15 is 0 Å². The minimum atomic E-state index is -0.0131. The Hall–Kier alpha value is 0.340. The van der Waals surface area contributed by atoms with Crippen LogP contribution in [0.5, 0.6) is 0 Å². The van der Waals surface area contributed by atoms with Crippen LogP contribution in [-0.2, 0) is 0 Å². The topological polar surface area (TPSA) is 0 Å². The van der Waals surface area contributed by atoms with Gasteiger partial charge in [0.2, 0.25) is 0 Å². The quantitative estimate of drug-likeness (QED) is 0.497. The van der Waals surface area contributed by atoms with Crippen LogP contribution >= 0.6 is 15.8 Å². The Labute approximate surface area is 123 Å². The van der Waals surface area contributed by atoms with E-state index in [0.29, 0.717) is 4.90 Å². The number of rotatable bonds is 6. The van der Waals surface area contributed by atoms with E-state index in [2.05, 4.69) is 79.7 Å². The summed E-state index contributed by atoms with van der Waals surface area (Å²) >= 11 is 0. The van der Waals surface area contributed by atoms with Gasteiger partial charge in [0, 0.05) is 4.90 Å². The van der Waals surface area contributed by atoms with Crippen LogP contribution in [0.3, 0.4) is 0 Å². The lowest BCUT2D eigenvalue weighted by Gasteiger charge is -2.49. The molecule has 19 heavy (non-hydrogen) atoms. The van der Waals surface area contributed by atoms with Crippen LogP contribution in [0.1, 0.15) is 55.4 Å². The van der Waals surface area contributed by atoms with E-state index in [0.717, 1.165) is 22.6 Å². The highest BCUT2D eigenvalue weighted by molar-refractivity contribution is 7.79. The van der Waals surface area contributed by atoms with E-state index < -0.39 is 0 Å². The van der Waals surface area contributed by atoms with Gasteiger partial charge in [-0.15, -0.1) is 0 Å². The smallest absolute Gasteiger partial charge is 0.0473 e. The third-order valence-electron chi connectivity index (χ3n) is 3.85. The summed E-state index contributed by atoms with van der Waals surface area (Å²) in [6, 6.07) is 0. The molecule has 0 radical (unpaired) electrons. The summed E-state index contributed by atoms with van der Waals surface area (Å²) in [6.45, 7) is 19.5. The van der Waals surface area contributed by atoms with Crippen LogP contribution in [0.15, 0.2) is 24.3 Å². The largest absolute Gasteiger partial charge is 0.0824 e. The highest BCUT2D eigenvalue weighted by Gasteiger charge is 2.46. The monoisotopic (exact) mass is 298 g/mol. The van der Waals surface area contributed by atoms with E-state index in [1.807, 2.05) is 0 Å². The second kappa shape index (κ2) is 6.87. The molecule has 0 bridgehead atoms. The first-order valence-electron chi connectivity index (χ1n) is 7.68. The van der Waals surface area contributed by atoms with Gasteiger partial charge in [0.15, 0.2) is 0 Å². The maximum atomic E-state index is 2.56. The molecule has 0 aromatic carbocycles. The van der Waals surface area contributed by atoms with Crippen LogP contribution < -0.4 is 0 Å². The minimum absolute atomic E-state index is 0.0131. The summed E-state index contributed by atoms with van der Waals surface area (Å²) < 4.78 is 0. The maximum absolute atomic E-state index is 2.56. The van der Waals surface area contributed by atoms with Crippen molar-refractivity contribution in [1.29, 1.82) is 0 Å². The molecular weight excluding hydrogens is 266 g/mol. The van der Waals surface area contributed by atoms with Gasteiger partial charge in [-0.2, -0.15) is 0 Å². The fourth-order valence-electron chi connectivity index (χ4n) is 3.77. The van der Waals surface area contributed by atoms with Gasteiger partial charge in [-0.3, -0.25) is 0 Å². The first kappa shape index (κ1) is 17.4. The molecule has 1 aliphatic carbocycles. The molecule has 0 nitrogen and oxygen atoms in total. The van der Waals surface area contributed by atoms with Crippen LogP contribution in [0.4, 0.5) is 0 Å². The number of hydrogen-bond acceptors (Lipinski definition) is 0. The summed E-state index contributed by atoms with van der Waals surface area (Å²) in [5.74, 6) is 0. The molecule has 2 heteroatoms. The molecule has 1 rings (SSSR count). The zero-order chi connectivity index (χ0) is 14.8. The molecule has 0 heterocycles. The van der Waals surface area contributed by atoms with Crippen molar-refractivity contribution in [3.8, 4) is 0 Å². The predicted octanol–water partition coefficient (Wildman–Crippen LogP) is 6.41. The van der Waals surface area contributed by atoms with Gasteiger partial charge in [0.1, 0.15) is 0 Å². The first-order chi connectivity index (χ1) is 8.74. The second-order valence-electron chi connectivity index (χ2n) is 6.69. The van der Waals surface area contributed by atoms with E-state index in [-0.39, 0.29) is 15.8 Å². The van der Waals surface area contributed by atoms with Crippen molar-refractivity contribution in [2.75, 3.05) is 0 Å². The minimum Gasteiger partial charge on any atom is -0.0824 e.